The van der Waals surface area contributed by atoms with E-state index in [1.807, 2.05) is 61.5 Å². The van der Waals surface area contributed by atoms with Gasteiger partial charge in [-0.25, -0.2) is 9.78 Å². The van der Waals surface area contributed by atoms with Gasteiger partial charge in [0, 0.05) is 25.1 Å². The van der Waals surface area contributed by atoms with E-state index in [2.05, 4.69) is 4.98 Å². The summed E-state index contributed by atoms with van der Waals surface area (Å²) in [7, 11) is 0. The van der Waals surface area contributed by atoms with E-state index in [-0.39, 0.29) is 19.6 Å². The van der Waals surface area contributed by atoms with E-state index in [1.54, 1.807) is 6.92 Å². The summed E-state index contributed by atoms with van der Waals surface area (Å²) < 4.78 is 16.9. The zero-order chi connectivity index (χ0) is 24.8. The Morgan fingerprint density at radius 2 is 1.86 bits per heavy atom. The summed E-state index contributed by atoms with van der Waals surface area (Å²) >= 11 is 0. The number of carbonyl (C=O) groups is 2. The Bertz CT molecular complexity index is 1230. The van der Waals surface area contributed by atoms with Crippen molar-refractivity contribution in [2.75, 3.05) is 26.3 Å². The van der Waals surface area contributed by atoms with Crippen LogP contribution in [-0.2, 0) is 16.0 Å². The van der Waals surface area contributed by atoms with Crippen molar-refractivity contribution in [2.45, 2.75) is 26.7 Å². The first-order valence-electron chi connectivity index (χ1n) is 11.5. The molecule has 0 aliphatic carbocycles. The van der Waals surface area contributed by atoms with Crippen molar-refractivity contribution in [1.82, 2.24) is 9.88 Å². The molecule has 8 nitrogen and oxygen atoms in total. The molecule has 0 unspecified atom stereocenters. The third-order valence-electron chi connectivity index (χ3n) is 5.75. The second-order valence-corrected chi connectivity index (χ2v) is 8.22. The fraction of sp³-hybridized carbons (Fsp3) is 0.296. The van der Waals surface area contributed by atoms with Gasteiger partial charge in [-0.1, -0.05) is 30.3 Å². The number of aryl methyl sites for hydroxylation is 1. The molecule has 0 radical (unpaired) electrons. The van der Waals surface area contributed by atoms with Gasteiger partial charge in [0.15, 0.2) is 0 Å². The first-order chi connectivity index (χ1) is 16.9. The molecule has 1 N–H and O–H groups in total. The Kier molecular flexibility index (Phi) is 7.50. The van der Waals surface area contributed by atoms with Crippen molar-refractivity contribution in [3.05, 3.63) is 77.2 Å². The highest BCUT2D eigenvalue weighted by molar-refractivity contribution is 5.83. The summed E-state index contributed by atoms with van der Waals surface area (Å²) in [6.07, 6.45) is -0.00254. The number of carboxylic acid groups (broad SMARTS) is 1. The normalized spacial score (nSPS) is 13.3. The van der Waals surface area contributed by atoms with Crippen LogP contribution in [0.5, 0.6) is 5.75 Å². The number of amides is 1. The monoisotopic (exact) mass is 476 g/mol. The molecule has 2 heterocycles. The molecule has 35 heavy (non-hydrogen) atoms. The van der Waals surface area contributed by atoms with Gasteiger partial charge in [-0.05, 0) is 54.8 Å². The van der Waals surface area contributed by atoms with Gasteiger partial charge in [-0.3, -0.25) is 9.69 Å². The van der Waals surface area contributed by atoms with E-state index < -0.39 is 12.1 Å². The summed E-state index contributed by atoms with van der Waals surface area (Å²) in [6, 6.07) is 17.2. The number of aromatic nitrogens is 1. The van der Waals surface area contributed by atoms with Crippen molar-refractivity contribution in [3.8, 4) is 17.2 Å². The van der Waals surface area contributed by atoms with E-state index >= 15 is 0 Å². The highest BCUT2D eigenvalue weighted by atomic mass is 16.6. The molecule has 0 bridgehead atoms. The van der Waals surface area contributed by atoms with Crippen molar-refractivity contribution < 1.29 is 28.6 Å². The van der Waals surface area contributed by atoms with Crippen LogP contribution in [0.3, 0.4) is 0 Å². The highest BCUT2D eigenvalue weighted by Crippen LogP contribution is 2.31. The highest BCUT2D eigenvalue weighted by Gasteiger charge is 2.28. The molecule has 3 aromatic rings. The van der Waals surface area contributed by atoms with Crippen molar-refractivity contribution in [3.63, 3.8) is 0 Å². The number of rotatable bonds is 9. The lowest BCUT2D eigenvalue weighted by atomic mass is 10.0. The average molecular weight is 477 g/mol. The number of carbonyl (C=O) groups excluding carboxylic acids is 1. The molecule has 1 aromatic heterocycles. The lowest BCUT2D eigenvalue weighted by Gasteiger charge is -2.16. The van der Waals surface area contributed by atoms with Gasteiger partial charge >= 0.3 is 12.1 Å². The third kappa shape index (κ3) is 5.90. The van der Waals surface area contributed by atoms with Gasteiger partial charge in [0.05, 0.1) is 25.3 Å². The second-order valence-electron chi connectivity index (χ2n) is 8.22. The maximum atomic E-state index is 12.2. The molecule has 1 amide bonds. The molecule has 1 aliphatic heterocycles. The molecule has 0 saturated heterocycles. The van der Waals surface area contributed by atoms with Gasteiger partial charge in [-0.15, -0.1) is 0 Å². The van der Waals surface area contributed by atoms with Crippen LogP contribution in [0.2, 0.25) is 0 Å². The topological polar surface area (TPSA) is 102 Å². The molecule has 0 fully saturated rings. The van der Waals surface area contributed by atoms with Crippen LogP contribution < -0.4 is 4.74 Å². The summed E-state index contributed by atoms with van der Waals surface area (Å²) in [6.45, 7) is 4.83. The van der Waals surface area contributed by atoms with Gasteiger partial charge < -0.3 is 19.0 Å². The molecule has 182 valence electrons. The molecule has 0 atom stereocenters. The van der Waals surface area contributed by atoms with E-state index in [1.165, 1.54) is 4.90 Å². The summed E-state index contributed by atoms with van der Waals surface area (Å²) in [5.74, 6) is 1.07. The zero-order valence-electron chi connectivity index (χ0n) is 19.8. The van der Waals surface area contributed by atoms with Crippen LogP contribution >= 0.6 is 0 Å². The maximum absolute atomic E-state index is 12.2. The number of hydrogen-bond donors (Lipinski definition) is 1. The van der Waals surface area contributed by atoms with Crippen LogP contribution in [0.4, 0.5) is 4.79 Å². The van der Waals surface area contributed by atoms with Crippen molar-refractivity contribution in [1.29, 1.82) is 0 Å². The average Bonchev–Trinajstić information content (AvgIpc) is 3.43. The molecule has 0 spiro atoms. The van der Waals surface area contributed by atoms with Gasteiger partial charge in [0.25, 0.3) is 0 Å². The standard InChI is InChI=1S/C27H28N2O6/c1-3-33-27(32)29-16-21(15-25(30)31)23(17-29)20-10-7-11-22(14-20)34-13-12-24-18(2)35-26(28-24)19-8-5-4-6-9-19/h4-11,14H,3,12-13,15-17H2,1-2H3,(H,30,31). The Morgan fingerprint density at radius 3 is 2.60 bits per heavy atom. The van der Waals surface area contributed by atoms with Crippen LogP contribution in [0.25, 0.3) is 17.0 Å². The minimum atomic E-state index is -0.937. The van der Waals surface area contributed by atoms with E-state index in [0.717, 1.165) is 28.2 Å². The largest absolute Gasteiger partial charge is 0.493 e. The number of aliphatic carboxylic acids is 1. The quantitative estimate of drug-likeness (QED) is 0.465. The van der Waals surface area contributed by atoms with Gasteiger partial charge in [0.1, 0.15) is 11.5 Å². The van der Waals surface area contributed by atoms with Crippen molar-refractivity contribution >= 4 is 17.6 Å². The predicted octanol–water partition coefficient (Wildman–Crippen LogP) is 4.97. The molecule has 2 aromatic carbocycles. The fourth-order valence-corrected chi connectivity index (χ4v) is 4.07. The number of hydrogen-bond acceptors (Lipinski definition) is 6. The van der Waals surface area contributed by atoms with E-state index in [0.29, 0.717) is 36.8 Å². The Morgan fingerprint density at radius 1 is 1.09 bits per heavy atom. The lowest BCUT2D eigenvalue weighted by molar-refractivity contribution is -0.136. The van der Waals surface area contributed by atoms with Crippen LogP contribution in [0, 0.1) is 6.92 Å². The molecule has 4 rings (SSSR count). The van der Waals surface area contributed by atoms with Gasteiger partial charge in [-0.2, -0.15) is 0 Å². The second kappa shape index (κ2) is 10.9. The Balaban J connectivity index is 1.44. The summed E-state index contributed by atoms with van der Waals surface area (Å²) in [5.41, 5.74) is 4.09. The van der Waals surface area contributed by atoms with Crippen molar-refractivity contribution in [2.24, 2.45) is 0 Å². The first kappa shape index (κ1) is 24.1. The minimum absolute atomic E-state index is 0.133. The SMILES string of the molecule is CCOC(=O)N1CC(CC(=O)O)=C(c2cccc(OCCc3nc(-c4ccccc4)oc3C)c2)C1. The molecular formula is C27H28N2O6. The number of ether oxygens (including phenoxy) is 2. The molecule has 0 saturated carbocycles. The van der Waals surface area contributed by atoms with Crippen LogP contribution in [0.1, 0.15) is 30.4 Å². The molecule has 8 heteroatoms. The van der Waals surface area contributed by atoms with Crippen LogP contribution in [0.15, 0.2) is 64.6 Å². The smallest absolute Gasteiger partial charge is 0.410 e. The number of nitrogens with zero attached hydrogens (tertiary/aromatic N) is 2. The van der Waals surface area contributed by atoms with Gasteiger partial charge in [0.2, 0.25) is 5.89 Å². The minimum Gasteiger partial charge on any atom is -0.493 e. The fourth-order valence-electron chi connectivity index (χ4n) is 4.07. The number of benzene rings is 2. The number of oxazole rings is 1. The lowest BCUT2D eigenvalue weighted by Crippen LogP contribution is -2.30. The predicted molar refractivity (Wildman–Crippen MR) is 130 cm³/mol. The maximum Gasteiger partial charge on any atom is 0.410 e. The summed E-state index contributed by atoms with van der Waals surface area (Å²) in [4.78, 5) is 29.7. The molecule has 1 aliphatic rings. The Labute approximate surface area is 203 Å². The van der Waals surface area contributed by atoms with E-state index in [9.17, 15) is 14.7 Å². The zero-order valence-corrected chi connectivity index (χ0v) is 19.8. The van der Waals surface area contributed by atoms with E-state index in [4.69, 9.17) is 13.9 Å². The third-order valence-corrected chi connectivity index (χ3v) is 5.75. The number of carboxylic acids is 1. The van der Waals surface area contributed by atoms with Crippen LogP contribution in [-0.4, -0.2) is 53.4 Å². The molecular weight excluding hydrogens is 448 g/mol. The first-order valence-corrected chi connectivity index (χ1v) is 11.5. The Hall–Kier alpha value is -4.07. The summed E-state index contributed by atoms with van der Waals surface area (Å²) in [5, 5.41) is 9.34.